The van der Waals surface area contributed by atoms with Gasteiger partial charge >= 0.3 is 0 Å². The van der Waals surface area contributed by atoms with Crippen molar-refractivity contribution in [1.82, 2.24) is 19.4 Å². The molecule has 1 N–H and O–H groups in total. The summed E-state index contributed by atoms with van der Waals surface area (Å²) in [5.41, 5.74) is 2.03. The highest BCUT2D eigenvalue weighted by Gasteiger charge is 2.31. The van der Waals surface area contributed by atoms with E-state index in [4.69, 9.17) is 4.74 Å². The summed E-state index contributed by atoms with van der Waals surface area (Å²) < 4.78 is 34.3. The molecule has 0 unspecified atom stereocenters. The molecule has 0 radical (unpaired) electrons. The Bertz CT molecular complexity index is 977. The zero-order chi connectivity index (χ0) is 21.7. The number of rotatable bonds is 8. The molecule has 3 rings (SSSR count). The fourth-order valence-electron chi connectivity index (χ4n) is 3.77. The molecule has 8 nitrogen and oxygen atoms in total. The number of aromatic nitrogens is 2. The van der Waals surface area contributed by atoms with Crippen molar-refractivity contribution in [2.24, 2.45) is 0 Å². The summed E-state index contributed by atoms with van der Waals surface area (Å²) in [6.45, 7) is 4.95. The summed E-state index contributed by atoms with van der Waals surface area (Å²) in [5, 5.41) is 7.21. The minimum atomic E-state index is -3.59. The van der Waals surface area contributed by atoms with Gasteiger partial charge in [0, 0.05) is 19.6 Å². The molecule has 2 heterocycles. The maximum Gasteiger partial charge on any atom is 0.246 e. The highest BCUT2D eigenvalue weighted by atomic mass is 32.2. The molecular weight excluding hydrogens is 404 g/mol. The standard InChI is InChI=1S/C21H30N4O4S/c1-16-21(30(27,28)24-13-5-4-6-14-24)17(2)25(23-16)15-20(26)22-12-11-18-7-9-19(29-3)10-8-18/h7-10H,4-6,11-15H2,1-3H3,(H,22,26). The number of hydrogen-bond acceptors (Lipinski definition) is 5. The third-order valence-corrected chi connectivity index (χ3v) is 7.57. The highest BCUT2D eigenvalue weighted by Crippen LogP contribution is 2.26. The smallest absolute Gasteiger partial charge is 0.246 e. The molecule has 1 fully saturated rings. The second-order valence-corrected chi connectivity index (χ2v) is 9.45. The van der Waals surface area contributed by atoms with Crippen LogP contribution in [0.1, 0.15) is 36.2 Å². The lowest BCUT2D eigenvalue weighted by molar-refractivity contribution is -0.121. The van der Waals surface area contributed by atoms with Crippen LogP contribution in [0, 0.1) is 13.8 Å². The molecule has 1 saturated heterocycles. The number of nitrogens with one attached hydrogen (secondary N) is 1. The van der Waals surface area contributed by atoms with Crippen LogP contribution in [0.5, 0.6) is 5.75 Å². The average molecular weight is 435 g/mol. The number of hydrogen-bond donors (Lipinski definition) is 1. The molecule has 0 atom stereocenters. The molecule has 9 heteroatoms. The van der Waals surface area contributed by atoms with Crippen molar-refractivity contribution in [3.8, 4) is 5.75 Å². The first-order valence-corrected chi connectivity index (χ1v) is 11.7. The molecule has 1 aromatic carbocycles. The molecule has 0 bridgehead atoms. The Labute approximate surface area is 178 Å². The van der Waals surface area contributed by atoms with Gasteiger partial charge in [-0.15, -0.1) is 0 Å². The van der Waals surface area contributed by atoms with E-state index in [-0.39, 0.29) is 17.3 Å². The number of benzene rings is 1. The topological polar surface area (TPSA) is 93.5 Å². The number of carbonyl (C=O) groups is 1. The Morgan fingerprint density at radius 1 is 1.13 bits per heavy atom. The molecule has 0 aliphatic carbocycles. The first-order valence-electron chi connectivity index (χ1n) is 10.3. The van der Waals surface area contributed by atoms with Crippen molar-refractivity contribution in [1.29, 1.82) is 0 Å². The molecule has 2 aromatic rings. The molecule has 1 aliphatic rings. The van der Waals surface area contributed by atoms with E-state index in [2.05, 4.69) is 10.4 Å². The maximum absolute atomic E-state index is 13.1. The van der Waals surface area contributed by atoms with Crippen molar-refractivity contribution < 1.29 is 17.9 Å². The lowest BCUT2D eigenvalue weighted by Gasteiger charge is -2.25. The van der Waals surface area contributed by atoms with Gasteiger partial charge < -0.3 is 10.1 Å². The summed E-state index contributed by atoms with van der Waals surface area (Å²) in [6, 6.07) is 7.70. The van der Waals surface area contributed by atoms with Crippen LogP contribution in [0.2, 0.25) is 0 Å². The zero-order valence-corrected chi connectivity index (χ0v) is 18.7. The van der Waals surface area contributed by atoms with Gasteiger partial charge in [0.15, 0.2) is 0 Å². The van der Waals surface area contributed by atoms with Gasteiger partial charge in [-0.05, 0) is 50.8 Å². The van der Waals surface area contributed by atoms with Crippen molar-refractivity contribution in [2.45, 2.75) is 51.0 Å². The number of sulfonamides is 1. The van der Waals surface area contributed by atoms with Crippen LogP contribution in [-0.2, 0) is 27.8 Å². The summed E-state index contributed by atoms with van der Waals surface area (Å²) in [6.07, 6.45) is 3.51. The van der Waals surface area contributed by atoms with Gasteiger partial charge in [0.1, 0.15) is 17.2 Å². The van der Waals surface area contributed by atoms with E-state index in [0.29, 0.717) is 37.4 Å². The molecule has 1 aromatic heterocycles. The van der Waals surface area contributed by atoms with Crippen molar-refractivity contribution in [3.63, 3.8) is 0 Å². The van der Waals surface area contributed by atoms with Gasteiger partial charge in [-0.2, -0.15) is 9.40 Å². The number of methoxy groups -OCH3 is 1. The van der Waals surface area contributed by atoms with E-state index < -0.39 is 10.0 Å². The summed E-state index contributed by atoms with van der Waals surface area (Å²) in [5.74, 6) is 0.596. The van der Waals surface area contributed by atoms with Gasteiger partial charge in [-0.3, -0.25) is 9.48 Å². The molecular formula is C21H30N4O4S. The third kappa shape index (κ3) is 5.02. The summed E-state index contributed by atoms with van der Waals surface area (Å²) in [4.78, 5) is 12.6. The Balaban J connectivity index is 1.61. The first kappa shape index (κ1) is 22.3. The van der Waals surface area contributed by atoms with Crippen LogP contribution in [0.4, 0.5) is 0 Å². The lowest BCUT2D eigenvalue weighted by atomic mass is 10.1. The van der Waals surface area contributed by atoms with Crippen LogP contribution < -0.4 is 10.1 Å². The van der Waals surface area contributed by atoms with Gasteiger partial charge in [0.2, 0.25) is 15.9 Å². The average Bonchev–Trinajstić information content (AvgIpc) is 3.02. The predicted octanol–water partition coefficient (Wildman–Crippen LogP) is 2.04. The lowest BCUT2D eigenvalue weighted by Crippen LogP contribution is -2.36. The van der Waals surface area contributed by atoms with Crippen molar-refractivity contribution >= 4 is 15.9 Å². The van der Waals surface area contributed by atoms with Gasteiger partial charge in [0.05, 0.1) is 18.5 Å². The maximum atomic E-state index is 13.1. The fourth-order valence-corrected chi connectivity index (χ4v) is 5.66. The number of carbonyl (C=O) groups excluding carboxylic acids is 1. The van der Waals surface area contributed by atoms with E-state index >= 15 is 0 Å². The normalized spacial score (nSPS) is 15.2. The first-order chi connectivity index (χ1) is 14.3. The minimum absolute atomic E-state index is 0.00912. The predicted molar refractivity (Wildman–Crippen MR) is 114 cm³/mol. The van der Waals surface area contributed by atoms with E-state index in [1.54, 1.807) is 21.0 Å². The number of aryl methyl sites for hydroxylation is 1. The third-order valence-electron chi connectivity index (χ3n) is 5.42. The fraction of sp³-hybridized carbons (Fsp3) is 0.524. The Kier molecular flexibility index (Phi) is 7.14. The second kappa shape index (κ2) is 9.61. The molecule has 164 valence electrons. The van der Waals surface area contributed by atoms with Gasteiger partial charge in [-0.1, -0.05) is 18.6 Å². The zero-order valence-electron chi connectivity index (χ0n) is 17.8. The van der Waals surface area contributed by atoms with Crippen LogP contribution in [0.15, 0.2) is 29.2 Å². The number of nitrogens with zero attached hydrogens (tertiary/aromatic N) is 3. The van der Waals surface area contributed by atoms with Gasteiger partial charge in [0.25, 0.3) is 0 Å². The molecule has 1 amide bonds. The minimum Gasteiger partial charge on any atom is -0.497 e. The van der Waals surface area contributed by atoms with E-state index in [1.807, 2.05) is 24.3 Å². The van der Waals surface area contributed by atoms with Crippen LogP contribution in [0.25, 0.3) is 0 Å². The molecule has 1 aliphatic heterocycles. The molecule has 30 heavy (non-hydrogen) atoms. The Morgan fingerprint density at radius 2 is 1.80 bits per heavy atom. The number of ether oxygens (including phenoxy) is 1. The monoisotopic (exact) mass is 434 g/mol. The van der Waals surface area contributed by atoms with E-state index in [1.165, 1.54) is 8.99 Å². The number of amides is 1. The SMILES string of the molecule is COc1ccc(CCNC(=O)Cn2nc(C)c(S(=O)(=O)N3CCCCC3)c2C)cc1. The molecule has 0 spiro atoms. The van der Waals surface area contributed by atoms with Crippen LogP contribution in [0.3, 0.4) is 0 Å². The van der Waals surface area contributed by atoms with Crippen molar-refractivity contribution in [2.75, 3.05) is 26.7 Å². The molecule has 0 saturated carbocycles. The second-order valence-electron chi connectivity index (χ2n) is 7.57. The largest absolute Gasteiger partial charge is 0.497 e. The number of piperidine rings is 1. The summed E-state index contributed by atoms with van der Waals surface area (Å²) in [7, 11) is -1.97. The highest BCUT2D eigenvalue weighted by molar-refractivity contribution is 7.89. The quantitative estimate of drug-likeness (QED) is 0.686. The van der Waals surface area contributed by atoms with Crippen LogP contribution >= 0.6 is 0 Å². The van der Waals surface area contributed by atoms with E-state index in [0.717, 1.165) is 30.6 Å². The van der Waals surface area contributed by atoms with Gasteiger partial charge in [-0.25, -0.2) is 8.42 Å². The van der Waals surface area contributed by atoms with Crippen molar-refractivity contribution in [3.05, 3.63) is 41.2 Å². The Morgan fingerprint density at radius 3 is 2.43 bits per heavy atom. The Hall–Kier alpha value is -2.39. The summed E-state index contributed by atoms with van der Waals surface area (Å²) >= 11 is 0. The van der Waals surface area contributed by atoms with Crippen LogP contribution in [-0.4, -0.2) is 55.2 Å². The van der Waals surface area contributed by atoms with E-state index in [9.17, 15) is 13.2 Å².